The largest absolute Gasteiger partial charge is 0.317 e. The maximum Gasteiger partial charge on any atom is 0.164 e. The van der Waals surface area contributed by atoms with Crippen molar-refractivity contribution in [2.75, 3.05) is 13.1 Å². The molecule has 0 saturated heterocycles. The van der Waals surface area contributed by atoms with Gasteiger partial charge in [0.1, 0.15) is 0 Å². The van der Waals surface area contributed by atoms with Crippen LogP contribution in [0.3, 0.4) is 0 Å². The highest BCUT2D eigenvalue weighted by Crippen LogP contribution is 2.22. The highest BCUT2D eigenvalue weighted by atomic mass is 16.1. The minimum absolute atomic E-state index is 0.257. The summed E-state index contributed by atoms with van der Waals surface area (Å²) in [6.07, 6.45) is 0.582. The Morgan fingerprint density at radius 3 is 2.12 bits per heavy atom. The Labute approximate surface area is 104 Å². The number of carbonyl (C=O) groups excluding carboxylic acids is 1. The molecule has 0 aliphatic rings. The first-order valence-electron chi connectivity index (χ1n) is 6.30. The average Bonchev–Trinajstić information content (AvgIpc) is 2.27. The first-order chi connectivity index (χ1) is 7.99. The van der Waals surface area contributed by atoms with Crippen LogP contribution in [0.2, 0.25) is 0 Å². The molecule has 0 amide bonds. The SMILES string of the molecule is CCNCCC(=O)c1c(C)c(C)cc(C)c1C. The predicted octanol–water partition coefficient (Wildman–Crippen LogP) is 3.10. The minimum Gasteiger partial charge on any atom is -0.317 e. The van der Waals surface area contributed by atoms with Gasteiger partial charge < -0.3 is 5.32 Å². The molecule has 0 fully saturated rings. The normalized spacial score (nSPS) is 10.6. The van der Waals surface area contributed by atoms with Gasteiger partial charge in [0.15, 0.2) is 5.78 Å². The second-order valence-electron chi connectivity index (χ2n) is 4.66. The highest BCUT2D eigenvalue weighted by molar-refractivity contribution is 5.99. The number of hydrogen-bond donors (Lipinski definition) is 1. The van der Waals surface area contributed by atoms with Gasteiger partial charge in [-0.3, -0.25) is 4.79 Å². The Bertz CT molecular complexity index is 395. The molecule has 1 aromatic carbocycles. The van der Waals surface area contributed by atoms with E-state index in [1.54, 1.807) is 0 Å². The number of rotatable bonds is 5. The van der Waals surface area contributed by atoms with Gasteiger partial charge in [0, 0.05) is 18.5 Å². The van der Waals surface area contributed by atoms with Crippen molar-refractivity contribution >= 4 is 5.78 Å². The lowest BCUT2D eigenvalue weighted by Gasteiger charge is -2.14. The Hall–Kier alpha value is -1.15. The van der Waals surface area contributed by atoms with Crippen molar-refractivity contribution in [3.8, 4) is 0 Å². The van der Waals surface area contributed by atoms with Gasteiger partial charge in [0.25, 0.3) is 0 Å². The summed E-state index contributed by atoms with van der Waals surface area (Å²) in [6, 6.07) is 2.16. The van der Waals surface area contributed by atoms with E-state index in [1.807, 2.05) is 13.8 Å². The summed E-state index contributed by atoms with van der Waals surface area (Å²) < 4.78 is 0. The van der Waals surface area contributed by atoms with Crippen LogP contribution in [0, 0.1) is 27.7 Å². The molecular formula is C15H23NO. The summed E-state index contributed by atoms with van der Waals surface area (Å²) in [5.74, 6) is 0.257. The van der Waals surface area contributed by atoms with Crippen LogP contribution in [0.15, 0.2) is 6.07 Å². The van der Waals surface area contributed by atoms with Crippen molar-refractivity contribution in [2.45, 2.75) is 41.0 Å². The Morgan fingerprint density at radius 2 is 1.65 bits per heavy atom. The van der Waals surface area contributed by atoms with Crippen molar-refractivity contribution in [2.24, 2.45) is 0 Å². The third-order valence-corrected chi connectivity index (χ3v) is 3.42. The lowest BCUT2D eigenvalue weighted by Crippen LogP contribution is -2.19. The maximum absolute atomic E-state index is 12.2. The van der Waals surface area contributed by atoms with E-state index < -0.39 is 0 Å². The minimum atomic E-state index is 0.257. The van der Waals surface area contributed by atoms with Gasteiger partial charge in [-0.25, -0.2) is 0 Å². The molecule has 0 aliphatic heterocycles. The van der Waals surface area contributed by atoms with Gasteiger partial charge in [-0.05, 0) is 56.5 Å². The van der Waals surface area contributed by atoms with Crippen molar-refractivity contribution < 1.29 is 4.79 Å². The number of benzene rings is 1. The molecule has 0 saturated carbocycles. The molecule has 1 N–H and O–H groups in total. The standard InChI is InChI=1S/C15H23NO/c1-6-16-8-7-14(17)15-12(4)10(2)9-11(3)13(15)5/h9,16H,6-8H2,1-5H3. The fourth-order valence-electron chi connectivity index (χ4n) is 2.14. The van der Waals surface area contributed by atoms with E-state index >= 15 is 0 Å². The molecule has 2 heteroatoms. The van der Waals surface area contributed by atoms with E-state index in [9.17, 15) is 4.79 Å². The van der Waals surface area contributed by atoms with E-state index in [1.165, 1.54) is 11.1 Å². The van der Waals surface area contributed by atoms with E-state index in [0.29, 0.717) is 6.42 Å². The number of carbonyl (C=O) groups is 1. The van der Waals surface area contributed by atoms with E-state index in [0.717, 1.165) is 29.8 Å². The number of Topliss-reactive ketones (excluding diaryl/α,β-unsaturated/α-hetero) is 1. The molecule has 1 rings (SSSR count). The van der Waals surface area contributed by atoms with Crippen LogP contribution in [-0.4, -0.2) is 18.9 Å². The Kier molecular flexibility index (Phi) is 4.88. The van der Waals surface area contributed by atoms with E-state index in [4.69, 9.17) is 0 Å². The van der Waals surface area contributed by atoms with E-state index in [-0.39, 0.29) is 5.78 Å². The molecule has 1 aromatic rings. The molecule has 17 heavy (non-hydrogen) atoms. The maximum atomic E-state index is 12.2. The summed E-state index contributed by atoms with van der Waals surface area (Å²) in [7, 11) is 0. The van der Waals surface area contributed by atoms with Crippen molar-refractivity contribution in [3.05, 3.63) is 33.9 Å². The fourth-order valence-corrected chi connectivity index (χ4v) is 2.14. The monoisotopic (exact) mass is 233 g/mol. The molecule has 0 radical (unpaired) electrons. The van der Waals surface area contributed by atoms with Crippen LogP contribution in [-0.2, 0) is 0 Å². The third-order valence-electron chi connectivity index (χ3n) is 3.42. The third kappa shape index (κ3) is 3.16. The second kappa shape index (κ2) is 5.97. The van der Waals surface area contributed by atoms with Crippen molar-refractivity contribution in [1.82, 2.24) is 5.32 Å². The van der Waals surface area contributed by atoms with Crippen LogP contribution >= 0.6 is 0 Å². The molecule has 2 nitrogen and oxygen atoms in total. The number of hydrogen-bond acceptors (Lipinski definition) is 2. The van der Waals surface area contributed by atoms with Gasteiger partial charge >= 0.3 is 0 Å². The van der Waals surface area contributed by atoms with Gasteiger partial charge in [-0.15, -0.1) is 0 Å². The summed E-state index contributed by atoms with van der Waals surface area (Å²) >= 11 is 0. The molecule has 0 bridgehead atoms. The first-order valence-corrected chi connectivity index (χ1v) is 6.30. The summed E-state index contributed by atoms with van der Waals surface area (Å²) in [6.45, 7) is 12.0. The Balaban J connectivity index is 3.00. The van der Waals surface area contributed by atoms with Crippen LogP contribution in [0.25, 0.3) is 0 Å². The molecule has 0 unspecified atom stereocenters. The summed E-state index contributed by atoms with van der Waals surface area (Å²) in [5.41, 5.74) is 5.62. The molecule has 0 aliphatic carbocycles. The molecule has 0 atom stereocenters. The quantitative estimate of drug-likeness (QED) is 0.625. The van der Waals surface area contributed by atoms with Crippen LogP contribution in [0.4, 0.5) is 0 Å². The average molecular weight is 233 g/mol. The molecule has 94 valence electrons. The zero-order chi connectivity index (χ0) is 13.0. The van der Waals surface area contributed by atoms with Crippen LogP contribution < -0.4 is 5.32 Å². The molecule has 0 heterocycles. The van der Waals surface area contributed by atoms with Gasteiger partial charge in [0.05, 0.1) is 0 Å². The van der Waals surface area contributed by atoms with E-state index in [2.05, 4.69) is 32.2 Å². The zero-order valence-electron chi connectivity index (χ0n) is 11.6. The van der Waals surface area contributed by atoms with Crippen LogP contribution in [0.5, 0.6) is 0 Å². The first kappa shape index (κ1) is 13.9. The Morgan fingerprint density at radius 1 is 1.12 bits per heavy atom. The van der Waals surface area contributed by atoms with Crippen molar-refractivity contribution in [1.29, 1.82) is 0 Å². The number of aryl methyl sites for hydroxylation is 2. The molecule has 0 spiro atoms. The van der Waals surface area contributed by atoms with Gasteiger partial charge in [0.2, 0.25) is 0 Å². The second-order valence-corrected chi connectivity index (χ2v) is 4.66. The summed E-state index contributed by atoms with van der Waals surface area (Å²) in [4.78, 5) is 12.2. The molecule has 0 aromatic heterocycles. The van der Waals surface area contributed by atoms with Gasteiger partial charge in [-0.2, -0.15) is 0 Å². The zero-order valence-corrected chi connectivity index (χ0v) is 11.6. The smallest absolute Gasteiger partial charge is 0.164 e. The summed E-state index contributed by atoms with van der Waals surface area (Å²) in [5, 5.41) is 3.20. The molecular weight excluding hydrogens is 210 g/mol. The number of nitrogens with one attached hydrogen (secondary N) is 1. The topological polar surface area (TPSA) is 29.1 Å². The number of ketones is 1. The predicted molar refractivity (Wildman–Crippen MR) is 72.9 cm³/mol. The van der Waals surface area contributed by atoms with Crippen LogP contribution in [0.1, 0.15) is 46.0 Å². The van der Waals surface area contributed by atoms with Crippen molar-refractivity contribution in [3.63, 3.8) is 0 Å². The van der Waals surface area contributed by atoms with Gasteiger partial charge in [-0.1, -0.05) is 13.0 Å². The fraction of sp³-hybridized carbons (Fsp3) is 0.533. The lowest BCUT2D eigenvalue weighted by atomic mass is 9.91. The highest BCUT2D eigenvalue weighted by Gasteiger charge is 2.14. The lowest BCUT2D eigenvalue weighted by molar-refractivity contribution is 0.0981.